The number of ether oxygens (including phenoxy) is 1. The number of aryl methyl sites for hydroxylation is 1. The minimum atomic E-state index is -0.565. The number of carbonyl (C=O) groups excluding carboxylic acids is 1. The van der Waals surface area contributed by atoms with Gasteiger partial charge in [-0.2, -0.15) is 0 Å². The molecule has 0 N–H and O–H groups in total. The Morgan fingerprint density at radius 3 is 2.71 bits per heavy atom. The van der Waals surface area contributed by atoms with Gasteiger partial charge in [0, 0.05) is 0 Å². The zero-order valence-corrected chi connectivity index (χ0v) is 14.1. The monoisotopic (exact) mass is 344 g/mol. The number of carbonyl (C=O) groups is 1. The summed E-state index contributed by atoms with van der Waals surface area (Å²) < 4.78 is 16.1. The maximum atomic E-state index is 12.3. The number of esters is 1. The van der Waals surface area contributed by atoms with E-state index >= 15 is 0 Å². The molecule has 0 saturated heterocycles. The summed E-state index contributed by atoms with van der Waals surface area (Å²) in [7, 11) is 0. The van der Waals surface area contributed by atoms with Gasteiger partial charge in [0.1, 0.15) is 11.0 Å². The van der Waals surface area contributed by atoms with Crippen LogP contribution in [0.1, 0.15) is 23.5 Å². The Balaban J connectivity index is 1.84. The normalized spacial score (nSPS) is 12.1. The van der Waals surface area contributed by atoms with Gasteiger partial charge in [0.2, 0.25) is 0 Å². The van der Waals surface area contributed by atoms with Gasteiger partial charge in [0.15, 0.2) is 0 Å². The summed E-state index contributed by atoms with van der Waals surface area (Å²) in [5.41, 5.74) is 1.56. The predicted molar refractivity (Wildman–Crippen MR) is 88.4 cm³/mol. The zero-order valence-electron chi connectivity index (χ0n) is 13.3. The molecule has 7 heteroatoms. The van der Waals surface area contributed by atoms with Gasteiger partial charge in [-0.25, -0.2) is 0 Å². The highest BCUT2D eigenvalue weighted by Gasteiger charge is 2.26. The highest BCUT2D eigenvalue weighted by atomic mass is 32.2. The highest BCUT2D eigenvalue weighted by Crippen LogP contribution is 2.37. The number of nitrogens with zero attached hydrogens (tertiary/aromatic N) is 2. The van der Waals surface area contributed by atoms with Crippen LogP contribution in [-0.2, 0) is 9.53 Å². The number of benzene rings is 1. The van der Waals surface area contributed by atoms with Crippen molar-refractivity contribution in [2.24, 2.45) is 0 Å². The van der Waals surface area contributed by atoms with Gasteiger partial charge in [0.25, 0.3) is 11.1 Å². The number of hydrogen-bond donors (Lipinski definition) is 0. The molecule has 0 aliphatic carbocycles. The number of rotatable bonds is 6. The first-order chi connectivity index (χ1) is 11.7. The third-order valence-electron chi connectivity index (χ3n) is 3.32. The molecule has 2 heterocycles. The van der Waals surface area contributed by atoms with Crippen LogP contribution in [0.15, 0.2) is 56.7 Å². The van der Waals surface area contributed by atoms with Crippen molar-refractivity contribution in [1.82, 2.24) is 10.2 Å². The molecule has 3 rings (SSSR count). The highest BCUT2D eigenvalue weighted by molar-refractivity contribution is 8.00. The average Bonchev–Trinajstić information content (AvgIpc) is 3.22. The summed E-state index contributed by atoms with van der Waals surface area (Å²) in [6, 6.07) is 11.1. The molecular weight excluding hydrogens is 328 g/mol. The van der Waals surface area contributed by atoms with Crippen LogP contribution in [0.25, 0.3) is 11.5 Å². The van der Waals surface area contributed by atoms with Gasteiger partial charge in [-0.3, -0.25) is 4.79 Å². The Morgan fingerprint density at radius 2 is 2.04 bits per heavy atom. The quantitative estimate of drug-likeness (QED) is 0.493. The Labute approximate surface area is 143 Å². The van der Waals surface area contributed by atoms with Crippen LogP contribution in [0, 0.1) is 6.92 Å². The molecule has 1 atom stereocenters. The molecule has 0 radical (unpaired) electrons. The minimum absolute atomic E-state index is 0.299. The Hall–Kier alpha value is -2.54. The smallest absolute Gasteiger partial charge is 0.324 e. The maximum absolute atomic E-state index is 12.3. The third kappa shape index (κ3) is 3.51. The number of furan rings is 1. The largest absolute Gasteiger partial charge is 0.469 e. The molecule has 0 amide bonds. The van der Waals surface area contributed by atoms with Crippen LogP contribution in [0.4, 0.5) is 0 Å². The van der Waals surface area contributed by atoms with E-state index in [0.717, 1.165) is 11.1 Å². The summed E-state index contributed by atoms with van der Waals surface area (Å²) in [5, 5.41) is 7.77. The second-order valence-corrected chi connectivity index (χ2v) is 5.98. The molecule has 3 aromatic rings. The van der Waals surface area contributed by atoms with E-state index in [2.05, 4.69) is 10.2 Å². The molecule has 0 saturated carbocycles. The van der Waals surface area contributed by atoms with Crippen molar-refractivity contribution >= 4 is 17.7 Å². The third-order valence-corrected chi connectivity index (χ3v) is 4.38. The maximum Gasteiger partial charge on any atom is 0.324 e. The Kier molecular flexibility index (Phi) is 5.00. The lowest BCUT2D eigenvalue weighted by Crippen LogP contribution is -2.13. The number of hydrogen-bond acceptors (Lipinski definition) is 7. The SMILES string of the molecule is CCOC(=O)[C@@H](Sc1nnc(-c2ccoc2C)o1)c1ccccc1. The van der Waals surface area contributed by atoms with Crippen LogP contribution in [-0.4, -0.2) is 22.8 Å². The lowest BCUT2D eigenvalue weighted by atomic mass is 10.1. The topological polar surface area (TPSA) is 78.4 Å². The second-order valence-electron chi connectivity index (χ2n) is 4.92. The van der Waals surface area contributed by atoms with E-state index in [-0.39, 0.29) is 5.97 Å². The zero-order chi connectivity index (χ0) is 16.9. The van der Waals surface area contributed by atoms with Gasteiger partial charge < -0.3 is 13.6 Å². The van der Waals surface area contributed by atoms with Crippen molar-refractivity contribution < 1.29 is 18.4 Å². The molecule has 0 aliphatic heterocycles. The van der Waals surface area contributed by atoms with Crippen LogP contribution in [0.3, 0.4) is 0 Å². The lowest BCUT2D eigenvalue weighted by Gasteiger charge is -2.13. The molecule has 0 spiro atoms. The number of aromatic nitrogens is 2. The average molecular weight is 344 g/mol. The molecule has 1 aromatic carbocycles. The van der Waals surface area contributed by atoms with Gasteiger partial charge in [-0.15, -0.1) is 10.2 Å². The second kappa shape index (κ2) is 7.35. The van der Waals surface area contributed by atoms with Gasteiger partial charge in [-0.05, 0) is 37.2 Å². The molecule has 124 valence electrons. The van der Waals surface area contributed by atoms with E-state index in [1.54, 1.807) is 19.3 Å². The summed E-state index contributed by atoms with van der Waals surface area (Å²) in [6.45, 7) is 3.90. The van der Waals surface area contributed by atoms with Crippen molar-refractivity contribution in [3.8, 4) is 11.5 Å². The van der Waals surface area contributed by atoms with Crippen LogP contribution in [0.5, 0.6) is 0 Å². The minimum Gasteiger partial charge on any atom is -0.469 e. The molecule has 2 aromatic heterocycles. The van der Waals surface area contributed by atoms with Crippen molar-refractivity contribution in [3.05, 3.63) is 54.0 Å². The summed E-state index contributed by atoms with van der Waals surface area (Å²) in [6.07, 6.45) is 1.56. The van der Waals surface area contributed by atoms with E-state index in [1.807, 2.05) is 37.3 Å². The van der Waals surface area contributed by atoms with Gasteiger partial charge in [-0.1, -0.05) is 30.3 Å². The molecule has 24 heavy (non-hydrogen) atoms. The van der Waals surface area contributed by atoms with Crippen molar-refractivity contribution in [3.63, 3.8) is 0 Å². The first-order valence-electron chi connectivity index (χ1n) is 7.45. The van der Waals surface area contributed by atoms with E-state index in [9.17, 15) is 4.79 Å². The van der Waals surface area contributed by atoms with Crippen molar-refractivity contribution in [2.75, 3.05) is 6.61 Å². The van der Waals surface area contributed by atoms with E-state index < -0.39 is 5.25 Å². The lowest BCUT2D eigenvalue weighted by molar-refractivity contribution is -0.142. The predicted octanol–water partition coefficient (Wildman–Crippen LogP) is 4.03. The molecule has 0 unspecified atom stereocenters. The molecule has 6 nitrogen and oxygen atoms in total. The molecule has 0 aliphatic rings. The fraction of sp³-hybridized carbons (Fsp3) is 0.235. The summed E-state index contributed by atoms with van der Waals surface area (Å²) in [4.78, 5) is 12.3. The molecular formula is C17H16N2O4S. The molecule has 0 bridgehead atoms. The summed E-state index contributed by atoms with van der Waals surface area (Å²) >= 11 is 1.17. The van der Waals surface area contributed by atoms with Crippen molar-refractivity contribution in [1.29, 1.82) is 0 Å². The fourth-order valence-electron chi connectivity index (χ4n) is 2.17. The van der Waals surface area contributed by atoms with Crippen LogP contribution < -0.4 is 0 Å². The number of thioether (sulfide) groups is 1. The Morgan fingerprint density at radius 1 is 1.25 bits per heavy atom. The van der Waals surface area contributed by atoms with E-state index in [1.165, 1.54) is 11.8 Å². The Bertz CT molecular complexity index is 813. The van der Waals surface area contributed by atoms with Gasteiger partial charge >= 0.3 is 5.97 Å². The fourth-order valence-corrected chi connectivity index (χ4v) is 3.05. The molecule has 0 fully saturated rings. The van der Waals surface area contributed by atoms with Crippen LogP contribution >= 0.6 is 11.8 Å². The standard InChI is InChI=1S/C17H16N2O4S/c1-3-21-16(20)14(12-7-5-4-6-8-12)24-17-19-18-15(23-17)13-9-10-22-11(13)2/h4-10,14H,3H2,1-2H3/t14-/m0/s1. The van der Waals surface area contributed by atoms with E-state index in [4.69, 9.17) is 13.6 Å². The van der Waals surface area contributed by atoms with Crippen molar-refractivity contribution in [2.45, 2.75) is 24.3 Å². The first kappa shape index (κ1) is 16.3. The summed E-state index contributed by atoms with van der Waals surface area (Å²) in [5.74, 6) is 0.715. The first-order valence-corrected chi connectivity index (χ1v) is 8.33. The van der Waals surface area contributed by atoms with Gasteiger partial charge in [0.05, 0.1) is 18.4 Å². The van der Waals surface area contributed by atoms with Crippen LogP contribution in [0.2, 0.25) is 0 Å². The van der Waals surface area contributed by atoms with E-state index in [0.29, 0.717) is 23.5 Å².